The Balaban J connectivity index is 1.23. The summed E-state index contributed by atoms with van der Waals surface area (Å²) in [5, 5.41) is 11.4. The van der Waals surface area contributed by atoms with Crippen LogP contribution in [0.5, 0.6) is 0 Å². The van der Waals surface area contributed by atoms with Crippen LogP contribution in [0.1, 0.15) is 33.1 Å². The normalized spacial score (nSPS) is 19.3. The summed E-state index contributed by atoms with van der Waals surface area (Å²) in [6.07, 6.45) is 1.18. The molecule has 0 unspecified atom stereocenters. The lowest BCUT2D eigenvalue weighted by molar-refractivity contribution is -0.129. The predicted octanol–water partition coefficient (Wildman–Crippen LogP) is 2.39. The molecule has 7 heteroatoms. The van der Waals surface area contributed by atoms with E-state index in [1.165, 1.54) is 0 Å². The van der Waals surface area contributed by atoms with Gasteiger partial charge in [-0.1, -0.05) is 54.6 Å². The summed E-state index contributed by atoms with van der Waals surface area (Å²) in [4.78, 5) is 27.7. The zero-order valence-electron chi connectivity index (χ0n) is 18.2. The molecule has 0 saturated carbocycles. The minimum absolute atomic E-state index is 0.172. The third kappa shape index (κ3) is 4.02. The standard InChI is InChI=1S/C25H27N5O2/c1-17-7-5-6-10-19(17)12-23(31)29-14-20-11-22-27-28-24(30(22)16-21(20)15-29)25(32)26-13-18-8-3-2-4-9-18/h2-10,20-21H,11-16H2,1H3,(H,26,32)/t20-,21-/m0/s1. The highest BCUT2D eigenvalue weighted by atomic mass is 16.2. The fourth-order valence-electron chi connectivity index (χ4n) is 4.84. The Labute approximate surface area is 187 Å². The molecule has 2 aliphatic heterocycles. The Morgan fingerprint density at radius 1 is 0.969 bits per heavy atom. The molecule has 0 aliphatic carbocycles. The third-order valence-electron chi connectivity index (χ3n) is 6.72. The van der Waals surface area contributed by atoms with Crippen molar-refractivity contribution >= 4 is 11.8 Å². The number of rotatable bonds is 5. The average molecular weight is 430 g/mol. The van der Waals surface area contributed by atoms with E-state index in [9.17, 15) is 9.59 Å². The first kappa shape index (κ1) is 20.4. The molecule has 5 rings (SSSR count). The van der Waals surface area contributed by atoms with E-state index in [0.717, 1.165) is 42.0 Å². The van der Waals surface area contributed by atoms with E-state index >= 15 is 0 Å². The molecule has 0 radical (unpaired) electrons. The van der Waals surface area contributed by atoms with Crippen LogP contribution in [0.2, 0.25) is 0 Å². The van der Waals surface area contributed by atoms with E-state index in [2.05, 4.69) is 15.5 Å². The Morgan fingerprint density at radius 3 is 2.53 bits per heavy atom. The molecule has 7 nitrogen and oxygen atoms in total. The maximum absolute atomic E-state index is 12.9. The molecule has 1 N–H and O–H groups in total. The first-order chi connectivity index (χ1) is 15.6. The number of carbonyl (C=O) groups is 2. The van der Waals surface area contributed by atoms with E-state index in [-0.39, 0.29) is 11.8 Å². The molecule has 1 aromatic heterocycles. The van der Waals surface area contributed by atoms with Crippen LogP contribution in [-0.2, 0) is 30.7 Å². The molecule has 2 aromatic carbocycles. The summed E-state index contributed by atoms with van der Waals surface area (Å²) in [6, 6.07) is 17.9. The fraction of sp³-hybridized carbons (Fsp3) is 0.360. The smallest absolute Gasteiger partial charge is 0.289 e. The van der Waals surface area contributed by atoms with Crippen molar-refractivity contribution in [3.05, 3.63) is 82.9 Å². The lowest BCUT2D eigenvalue weighted by Gasteiger charge is -2.25. The molecule has 0 spiro atoms. The number of amides is 2. The van der Waals surface area contributed by atoms with Crippen LogP contribution in [0.4, 0.5) is 0 Å². The Morgan fingerprint density at radius 2 is 1.72 bits per heavy atom. The molecule has 164 valence electrons. The van der Waals surface area contributed by atoms with Gasteiger partial charge in [0.05, 0.1) is 6.42 Å². The molecule has 1 fully saturated rings. The maximum Gasteiger partial charge on any atom is 0.289 e. The van der Waals surface area contributed by atoms with Crippen molar-refractivity contribution in [2.75, 3.05) is 13.1 Å². The van der Waals surface area contributed by atoms with E-state index in [1.54, 1.807) is 0 Å². The van der Waals surface area contributed by atoms with Gasteiger partial charge >= 0.3 is 0 Å². The summed E-state index contributed by atoms with van der Waals surface area (Å²) in [6.45, 7) is 4.64. The lowest BCUT2D eigenvalue weighted by Crippen LogP contribution is -2.33. The number of carbonyl (C=O) groups excluding carboxylic acids is 2. The minimum Gasteiger partial charge on any atom is -0.345 e. The number of hydrogen-bond donors (Lipinski definition) is 1. The van der Waals surface area contributed by atoms with Gasteiger partial charge in [-0.2, -0.15) is 0 Å². The fourth-order valence-corrected chi connectivity index (χ4v) is 4.84. The average Bonchev–Trinajstić information content (AvgIpc) is 3.41. The van der Waals surface area contributed by atoms with Crippen LogP contribution in [0.3, 0.4) is 0 Å². The van der Waals surface area contributed by atoms with Crippen LogP contribution >= 0.6 is 0 Å². The van der Waals surface area contributed by atoms with Crippen LogP contribution in [-0.4, -0.2) is 44.6 Å². The van der Waals surface area contributed by atoms with Gasteiger partial charge in [-0.25, -0.2) is 0 Å². The van der Waals surface area contributed by atoms with Crippen molar-refractivity contribution < 1.29 is 9.59 Å². The van der Waals surface area contributed by atoms with Crippen LogP contribution in [0.15, 0.2) is 54.6 Å². The number of benzene rings is 2. The van der Waals surface area contributed by atoms with Gasteiger partial charge in [-0.15, -0.1) is 10.2 Å². The number of aromatic nitrogens is 3. The molecule has 0 bridgehead atoms. The van der Waals surface area contributed by atoms with Crippen LogP contribution < -0.4 is 5.32 Å². The Hall–Kier alpha value is -3.48. The molecule has 1 saturated heterocycles. The van der Waals surface area contributed by atoms with E-state index in [1.807, 2.05) is 71.0 Å². The molecule has 2 aliphatic rings. The molecular weight excluding hydrogens is 402 g/mol. The second-order valence-electron chi connectivity index (χ2n) is 8.84. The topological polar surface area (TPSA) is 80.1 Å². The highest BCUT2D eigenvalue weighted by Gasteiger charge is 2.40. The van der Waals surface area contributed by atoms with Gasteiger partial charge in [0.1, 0.15) is 5.82 Å². The van der Waals surface area contributed by atoms with Crippen molar-refractivity contribution in [1.29, 1.82) is 0 Å². The third-order valence-corrected chi connectivity index (χ3v) is 6.72. The highest BCUT2D eigenvalue weighted by molar-refractivity contribution is 5.90. The van der Waals surface area contributed by atoms with Gasteiger partial charge < -0.3 is 14.8 Å². The number of aryl methyl sites for hydroxylation is 1. The number of nitrogens with zero attached hydrogens (tertiary/aromatic N) is 4. The van der Waals surface area contributed by atoms with E-state index in [0.29, 0.717) is 37.2 Å². The summed E-state index contributed by atoms with van der Waals surface area (Å²) in [7, 11) is 0. The van der Waals surface area contributed by atoms with Gasteiger partial charge in [0.15, 0.2) is 0 Å². The quantitative estimate of drug-likeness (QED) is 0.675. The second kappa shape index (κ2) is 8.57. The van der Waals surface area contributed by atoms with Gasteiger partial charge in [-0.05, 0) is 35.4 Å². The summed E-state index contributed by atoms with van der Waals surface area (Å²) < 4.78 is 1.94. The SMILES string of the molecule is Cc1ccccc1CC(=O)N1C[C@@H]2Cc3nnc(C(=O)NCc4ccccc4)n3C[C@@H]2C1. The van der Waals surface area contributed by atoms with Crippen molar-refractivity contribution in [2.45, 2.75) is 32.9 Å². The number of hydrogen-bond acceptors (Lipinski definition) is 4. The van der Waals surface area contributed by atoms with E-state index < -0.39 is 0 Å². The molecule has 3 aromatic rings. The molecule has 2 atom stereocenters. The molecular formula is C25H27N5O2. The highest BCUT2D eigenvalue weighted by Crippen LogP contribution is 2.33. The maximum atomic E-state index is 12.9. The zero-order chi connectivity index (χ0) is 22.1. The largest absolute Gasteiger partial charge is 0.345 e. The van der Waals surface area contributed by atoms with Crippen molar-refractivity contribution in [2.24, 2.45) is 11.8 Å². The van der Waals surface area contributed by atoms with Crippen LogP contribution in [0.25, 0.3) is 0 Å². The van der Waals surface area contributed by atoms with Gasteiger partial charge in [-0.3, -0.25) is 9.59 Å². The van der Waals surface area contributed by atoms with Gasteiger partial charge in [0.25, 0.3) is 5.91 Å². The number of nitrogens with one attached hydrogen (secondary N) is 1. The summed E-state index contributed by atoms with van der Waals surface area (Å²) in [5.41, 5.74) is 3.27. The zero-order valence-corrected chi connectivity index (χ0v) is 18.2. The lowest BCUT2D eigenvalue weighted by atomic mass is 9.89. The van der Waals surface area contributed by atoms with Crippen molar-refractivity contribution in [3.63, 3.8) is 0 Å². The molecule has 2 amide bonds. The monoisotopic (exact) mass is 429 g/mol. The van der Waals surface area contributed by atoms with Gasteiger partial charge in [0.2, 0.25) is 11.7 Å². The predicted molar refractivity (Wildman–Crippen MR) is 120 cm³/mol. The first-order valence-electron chi connectivity index (χ1n) is 11.1. The van der Waals surface area contributed by atoms with Crippen molar-refractivity contribution in [3.8, 4) is 0 Å². The first-order valence-corrected chi connectivity index (χ1v) is 11.1. The Kier molecular flexibility index (Phi) is 5.47. The number of likely N-dealkylation sites (tertiary alicyclic amines) is 1. The molecule has 32 heavy (non-hydrogen) atoms. The minimum atomic E-state index is -0.212. The summed E-state index contributed by atoms with van der Waals surface area (Å²) in [5.74, 6) is 1.85. The van der Waals surface area contributed by atoms with Crippen molar-refractivity contribution in [1.82, 2.24) is 25.0 Å². The van der Waals surface area contributed by atoms with E-state index in [4.69, 9.17) is 0 Å². The molecule has 3 heterocycles. The van der Waals surface area contributed by atoms with Crippen LogP contribution in [0, 0.1) is 18.8 Å². The Bertz CT molecular complexity index is 1140. The van der Waals surface area contributed by atoms with Gasteiger partial charge in [0, 0.05) is 32.6 Å². The summed E-state index contributed by atoms with van der Waals surface area (Å²) >= 11 is 0. The second-order valence-corrected chi connectivity index (χ2v) is 8.84. The number of fused-ring (bicyclic) bond motifs is 2.